The van der Waals surface area contributed by atoms with Gasteiger partial charge >= 0.3 is 0 Å². The highest BCUT2D eigenvalue weighted by atomic mass is 16.5. The van der Waals surface area contributed by atoms with Gasteiger partial charge in [0.2, 0.25) is 5.91 Å². The standard InChI is InChI=1S/C16H30N2O2/c1-2-16(8-3-4-9-16)13-18-15(19)7-12-20-14-5-10-17-11-6-14/h14,17H,2-13H2,1H3,(H,18,19). The maximum absolute atomic E-state index is 11.9. The first kappa shape index (κ1) is 15.8. The van der Waals surface area contributed by atoms with Crippen molar-refractivity contribution >= 4 is 5.91 Å². The number of hydrogen-bond acceptors (Lipinski definition) is 3. The molecule has 1 heterocycles. The normalized spacial score (nSPS) is 22.9. The van der Waals surface area contributed by atoms with Gasteiger partial charge in [-0.3, -0.25) is 4.79 Å². The van der Waals surface area contributed by atoms with Crippen molar-refractivity contribution in [2.45, 2.75) is 64.4 Å². The molecule has 1 amide bonds. The van der Waals surface area contributed by atoms with Crippen molar-refractivity contribution in [3.05, 3.63) is 0 Å². The summed E-state index contributed by atoms with van der Waals surface area (Å²) in [7, 11) is 0. The number of piperidine rings is 1. The fraction of sp³-hybridized carbons (Fsp3) is 0.938. The Kier molecular flexibility index (Phi) is 6.30. The first-order valence-corrected chi connectivity index (χ1v) is 8.33. The number of rotatable bonds is 7. The third kappa shape index (κ3) is 4.74. The summed E-state index contributed by atoms with van der Waals surface area (Å²) in [6.07, 6.45) is 9.36. The van der Waals surface area contributed by atoms with Gasteiger partial charge in [0.1, 0.15) is 0 Å². The van der Waals surface area contributed by atoms with Gasteiger partial charge in [-0.1, -0.05) is 19.8 Å². The van der Waals surface area contributed by atoms with Gasteiger partial charge in [0.15, 0.2) is 0 Å². The molecule has 0 bridgehead atoms. The van der Waals surface area contributed by atoms with E-state index in [4.69, 9.17) is 4.74 Å². The summed E-state index contributed by atoms with van der Waals surface area (Å²) in [4.78, 5) is 11.9. The molecule has 1 aliphatic heterocycles. The van der Waals surface area contributed by atoms with Crippen LogP contribution in [0.4, 0.5) is 0 Å². The molecule has 2 aliphatic rings. The van der Waals surface area contributed by atoms with Gasteiger partial charge in [0.25, 0.3) is 0 Å². The van der Waals surface area contributed by atoms with Gasteiger partial charge in [0, 0.05) is 13.0 Å². The van der Waals surface area contributed by atoms with Crippen molar-refractivity contribution in [1.29, 1.82) is 0 Å². The van der Waals surface area contributed by atoms with Crippen LogP contribution in [0.25, 0.3) is 0 Å². The zero-order valence-electron chi connectivity index (χ0n) is 12.9. The first-order chi connectivity index (χ1) is 9.74. The number of hydrogen-bond donors (Lipinski definition) is 2. The molecule has 0 spiro atoms. The second kappa shape index (κ2) is 7.99. The molecule has 2 fully saturated rings. The molecule has 0 aromatic rings. The molecule has 0 aromatic carbocycles. The summed E-state index contributed by atoms with van der Waals surface area (Å²) < 4.78 is 5.78. The van der Waals surface area contributed by atoms with E-state index in [2.05, 4.69) is 17.6 Å². The van der Waals surface area contributed by atoms with Gasteiger partial charge in [-0.25, -0.2) is 0 Å². The van der Waals surface area contributed by atoms with Crippen LogP contribution in [0.5, 0.6) is 0 Å². The SMILES string of the molecule is CCC1(CNC(=O)CCOC2CCNCC2)CCCC1. The van der Waals surface area contributed by atoms with Crippen molar-refractivity contribution in [2.24, 2.45) is 5.41 Å². The van der Waals surface area contributed by atoms with E-state index in [0.717, 1.165) is 32.5 Å². The maximum Gasteiger partial charge on any atom is 0.222 e. The number of nitrogens with one attached hydrogen (secondary N) is 2. The van der Waals surface area contributed by atoms with Crippen molar-refractivity contribution in [1.82, 2.24) is 10.6 Å². The summed E-state index contributed by atoms with van der Waals surface area (Å²) in [6, 6.07) is 0. The van der Waals surface area contributed by atoms with E-state index in [1.165, 1.54) is 32.1 Å². The molecule has 1 saturated heterocycles. The molecule has 2 rings (SSSR count). The lowest BCUT2D eigenvalue weighted by molar-refractivity contribution is -0.123. The van der Waals surface area contributed by atoms with Gasteiger partial charge in [0.05, 0.1) is 12.7 Å². The minimum atomic E-state index is 0.152. The van der Waals surface area contributed by atoms with Crippen LogP contribution >= 0.6 is 0 Å². The molecule has 1 aliphatic carbocycles. The van der Waals surface area contributed by atoms with E-state index in [1.54, 1.807) is 0 Å². The van der Waals surface area contributed by atoms with Crippen LogP contribution in [0.2, 0.25) is 0 Å². The zero-order valence-corrected chi connectivity index (χ0v) is 12.9. The molecule has 0 atom stereocenters. The molecule has 2 N–H and O–H groups in total. The minimum absolute atomic E-state index is 0.152. The van der Waals surface area contributed by atoms with E-state index in [9.17, 15) is 4.79 Å². The Morgan fingerprint density at radius 3 is 2.65 bits per heavy atom. The highest BCUT2D eigenvalue weighted by Gasteiger charge is 2.32. The molecule has 0 radical (unpaired) electrons. The van der Waals surface area contributed by atoms with Crippen molar-refractivity contribution < 1.29 is 9.53 Å². The van der Waals surface area contributed by atoms with Crippen LogP contribution in [-0.4, -0.2) is 38.3 Å². The summed E-state index contributed by atoms with van der Waals surface area (Å²) in [5.41, 5.74) is 0.381. The molecule has 116 valence electrons. The quantitative estimate of drug-likeness (QED) is 0.753. The predicted octanol–water partition coefficient (Wildman–Crippen LogP) is 2.23. The number of carbonyl (C=O) groups excluding carboxylic acids is 1. The average Bonchev–Trinajstić information content (AvgIpc) is 2.96. The van der Waals surface area contributed by atoms with Crippen molar-refractivity contribution in [3.8, 4) is 0 Å². The fourth-order valence-corrected chi connectivity index (χ4v) is 3.44. The Balaban J connectivity index is 1.58. The Bertz CT molecular complexity index is 295. The Hall–Kier alpha value is -0.610. The monoisotopic (exact) mass is 282 g/mol. The van der Waals surface area contributed by atoms with E-state index in [1.807, 2.05) is 0 Å². The van der Waals surface area contributed by atoms with E-state index >= 15 is 0 Å². The van der Waals surface area contributed by atoms with E-state index in [-0.39, 0.29) is 5.91 Å². The smallest absolute Gasteiger partial charge is 0.222 e. The highest BCUT2D eigenvalue weighted by molar-refractivity contribution is 5.76. The van der Waals surface area contributed by atoms with Crippen molar-refractivity contribution in [3.63, 3.8) is 0 Å². The third-order valence-electron chi connectivity index (χ3n) is 5.04. The summed E-state index contributed by atoms with van der Waals surface area (Å²) in [6.45, 7) is 5.74. The van der Waals surface area contributed by atoms with Crippen molar-refractivity contribution in [2.75, 3.05) is 26.2 Å². The van der Waals surface area contributed by atoms with Gasteiger partial charge in [-0.05, 0) is 50.6 Å². The summed E-state index contributed by atoms with van der Waals surface area (Å²) in [5.74, 6) is 0.152. The Morgan fingerprint density at radius 1 is 1.30 bits per heavy atom. The van der Waals surface area contributed by atoms with Crippen LogP contribution in [0, 0.1) is 5.41 Å². The number of ether oxygens (including phenoxy) is 1. The molecular weight excluding hydrogens is 252 g/mol. The lowest BCUT2D eigenvalue weighted by atomic mass is 9.83. The minimum Gasteiger partial charge on any atom is -0.378 e. The summed E-state index contributed by atoms with van der Waals surface area (Å²) >= 11 is 0. The van der Waals surface area contributed by atoms with Crippen LogP contribution in [0.1, 0.15) is 58.3 Å². The number of amides is 1. The Labute approximate surface area is 123 Å². The van der Waals surface area contributed by atoms with Crippen LogP contribution in [-0.2, 0) is 9.53 Å². The topological polar surface area (TPSA) is 50.4 Å². The van der Waals surface area contributed by atoms with Crippen LogP contribution in [0.3, 0.4) is 0 Å². The van der Waals surface area contributed by atoms with E-state index < -0.39 is 0 Å². The molecule has 20 heavy (non-hydrogen) atoms. The lowest BCUT2D eigenvalue weighted by Gasteiger charge is -2.27. The summed E-state index contributed by atoms with van der Waals surface area (Å²) in [5, 5.41) is 6.44. The highest BCUT2D eigenvalue weighted by Crippen LogP contribution is 2.40. The fourth-order valence-electron chi connectivity index (χ4n) is 3.44. The molecule has 1 saturated carbocycles. The lowest BCUT2D eigenvalue weighted by Crippen LogP contribution is -2.36. The number of carbonyl (C=O) groups is 1. The van der Waals surface area contributed by atoms with Gasteiger partial charge in [-0.2, -0.15) is 0 Å². The maximum atomic E-state index is 11.9. The molecule has 4 nitrogen and oxygen atoms in total. The largest absolute Gasteiger partial charge is 0.378 e. The van der Waals surface area contributed by atoms with Gasteiger partial charge < -0.3 is 15.4 Å². The van der Waals surface area contributed by atoms with Crippen LogP contribution < -0.4 is 10.6 Å². The predicted molar refractivity (Wildman–Crippen MR) is 80.7 cm³/mol. The zero-order chi connectivity index (χ0) is 14.3. The molecule has 0 unspecified atom stereocenters. The second-order valence-electron chi connectivity index (χ2n) is 6.41. The average molecular weight is 282 g/mol. The second-order valence-corrected chi connectivity index (χ2v) is 6.41. The van der Waals surface area contributed by atoms with Gasteiger partial charge in [-0.15, -0.1) is 0 Å². The Morgan fingerprint density at radius 2 is 2.00 bits per heavy atom. The van der Waals surface area contributed by atoms with E-state index in [0.29, 0.717) is 24.5 Å². The molecule has 0 aromatic heterocycles. The molecular formula is C16H30N2O2. The van der Waals surface area contributed by atoms with Crippen LogP contribution in [0.15, 0.2) is 0 Å². The third-order valence-corrected chi connectivity index (χ3v) is 5.04. The molecule has 4 heteroatoms. The first-order valence-electron chi connectivity index (χ1n) is 8.33.